The molecule has 1 aromatic rings. The molecule has 0 aliphatic carbocycles. The zero-order valence-electron chi connectivity index (χ0n) is 13.1. The fraction of sp³-hybridized carbons (Fsp3) is 0.588. The van der Waals surface area contributed by atoms with Crippen molar-refractivity contribution < 1.29 is 0 Å². The van der Waals surface area contributed by atoms with E-state index in [1.54, 1.807) is 0 Å². The molecule has 0 amide bonds. The van der Waals surface area contributed by atoms with Gasteiger partial charge in [0.05, 0.1) is 6.07 Å². The molecule has 110 valence electrons. The van der Waals surface area contributed by atoms with Crippen LogP contribution in [0.15, 0.2) is 29.2 Å². The smallest absolute Gasteiger partial charge is 0.103 e. The van der Waals surface area contributed by atoms with Gasteiger partial charge in [-0.05, 0) is 62.6 Å². The third-order valence-electron chi connectivity index (χ3n) is 3.69. The van der Waals surface area contributed by atoms with Gasteiger partial charge < -0.3 is 5.32 Å². The Labute approximate surface area is 128 Å². The van der Waals surface area contributed by atoms with Crippen LogP contribution in [0.25, 0.3) is 0 Å². The Balaban J connectivity index is 2.26. The predicted molar refractivity (Wildman–Crippen MR) is 88.2 cm³/mol. The normalized spacial score (nSPS) is 14.0. The molecule has 0 aliphatic rings. The zero-order valence-corrected chi connectivity index (χ0v) is 13.9. The number of rotatable bonds is 8. The molecule has 1 aromatic carbocycles. The van der Waals surface area contributed by atoms with Crippen molar-refractivity contribution >= 4 is 11.8 Å². The molecule has 0 aliphatic heterocycles. The maximum atomic E-state index is 9.07. The van der Waals surface area contributed by atoms with Gasteiger partial charge in [-0.15, -0.1) is 11.8 Å². The Hall–Kier alpha value is -0.980. The number of benzene rings is 1. The fourth-order valence-electron chi connectivity index (χ4n) is 1.96. The van der Waals surface area contributed by atoms with Crippen molar-refractivity contribution in [3.8, 4) is 6.07 Å². The molecule has 0 radical (unpaired) electrons. The van der Waals surface area contributed by atoms with Crippen molar-refractivity contribution in [2.45, 2.75) is 56.4 Å². The Bertz CT molecular complexity index is 433. The number of nitrogens with one attached hydrogen (secondary N) is 1. The van der Waals surface area contributed by atoms with Crippen LogP contribution in [0.5, 0.6) is 0 Å². The van der Waals surface area contributed by atoms with Crippen LogP contribution in [0, 0.1) is 11.3 Å². The minimum atomic E-state index is -0.371. The van der Waals surface area contributed by atoms with E-state index in [2.05, 4.69) is 49.5 Å². The highest BCUT2D eigenvalue weighted by molar-refractivity contribution is 7.99. The summed E-state index contributed by atoms with van der Waals surface area (Å²) >= 11 is 1.90. The third-order valence-corrected chi connectivity index (χ3v) is 4.78. The van der Waals surface area contributed by atoms with E-state index in [-0.39, 0.29) is 5.54 Å². The van der Waals surface area contributed by atoms with Gasteiger partial charge in [-0.1, -0.05) is 26.0 Å². The molecule has 1 unspecified atom stereocenters. The highest BCUT2D eigenvalue weighted by Gasteiger charge is 2.19. The van der Waals surface area contributed by atoms with Crippen molar-refractivity contribution in [2.24, 2.45) is 0 Å². The van der Waals surface area contributed by atoms with Gasteiger partial charge in [-0.3, -0.25) is 0 Å². The van der Waals surface area contributed by atoms with Crippen molar-refractivity contribution in [3.05, 3.63) is 29.8 Å². The molecule has 20 heavy (non-hydrogen) atoms. The number of hydrogen-bond donors (Lipinski definition) is 1. The molecule has 2 nitrogen and oxygen atoms in total. The lowest BCUT2D eigenvalue weighted by atomic mass is 9.97. The lowest BCUT2D eigenvalue weighted by Gasteiger charge is -2.20. The number of nitrogens with zero attached hydrogens (tertiary/aromatic N) is 1. The summed E-state index contributed by atoms with van der Waals surface area (Å²) in [7, 11) is 1.86. The van der Waals surface area contributed by atoms with Crippen LogP contribution in [-0.2, 0) is 0 Å². The quantitative estimate of drug-likeness (QED) is 0.562. The van der Waals surface area contributed by atoms with Crippen LogP contribution in [0.2, 0.25) is 0 Å². The van der Waals surface area contributed by atoms with Gasteiger partial charge in [0.15, 0.2) is 0 Å². The van der Waals surface area contributed by atoms with Crippen LogP contribution in [0.1, 0.15) is 51.5 Å². The monoisotopic (exact) mass is 290 g/mol. The van der Waals surface area contributed by atoms with E-state index >= 15 is 0 Å². The van der Waals surface area contributed by atoms with Crippen molar-refractivity contribution in [1.82, 2.24) is 5.32 Å². The first-order valence-electron chi connectivity index (χ1n) is 7.33. The van der Waals surface area contributed by atoms with Gasteiger partial charge in [-0.25, -0.2) is 0 Å². The summed E-state index contributed by atoms with van der Waals surface area (Å²) in [5.74, 6) is 1.71. The second kappa shape index (κ2) is 8.34. The lowest BCUT2D eigenvalue weighted by Crippen LogP contribution is -2.37. The van der Waals surface area contributed by atoms with Crippen LogP contribution < -0.4 is 5.32 Å². The maximum absolute atomic E-state index is 9.07. The summed E-state index contributed by atoms with van der Waals surface area (Å²) in [6.45, 7) is 6.40. The minimum Gasteiger partial charge on any atom is -0.303 e. The van der Waals surface area contributed by atoms with Crippen LogP contribution in [0.3, 0.4) is 0 Å². The molecule has 1 N–H and O–H groups in total. The summed E-state index contributed by atoms with van der Waals surface area (Å²) in [5, 5.41) is 12.2. The SMILES string of the molecule is CNC(C)(C#N)CCCCSc1ccc(C(C)C)cc1. The molecule has 1 atom stereocenters. The molecular weight excluding hydrogens is 264 g/mol. The summed E-state index contributed by atoms with van der Waals surface area (Å²) in [6.07, 6.45) is 3.14. The highest BCUT2D eigenvalue weighted by Crippen LogP contribution is 2.23. The summed E-state index contributed by atoms with van der Waals surface area (Å²) in [4.78, 5) is 1.34. The van der Waals surface area contributed by atoms with Crippen molar-refractivity contribution in [2.75, 3.05) is 12.8 Å². The Kier molecular flexibility index (Phi) is 7.12. The molecule has 0 aromatic heterocycles. The van der Waals surface area contributed by atoms with Gasteiger partial charge in [0.1, 0.15) is 5.54 Å². The Morgan fingerprint density at radius 3 is 2.40 bits per heavy atom. The van der Waals surface area contributed by atoms with Crippen molar-refractivity contribution in [1.29, 1.82) is 5.26 Å². The topological polar surface area (TPSA) is 35.8 Å². The number of unbranched alkanes of at least 4 members (excludes halogenated alkanes) is 1. The van der Waals surface area contributed by atoms with E-state index in [0.717, 1.165) is 25.0 Å². The number of hydrogen-bond acceptors (Lipinski definition) is 3. The Morgan fingerprint density at radius 1 is 1.25 bits per heavy atom. The van der Waals surface area contributed by atoms with E-state index in [4.69, 9.17) is 5.26 Å². The summed E-state index contributed by atoms with van der Waals surface area (Å²) in [5.41, 5.74) is 1.02. The molecule has 3 heteroatoms. The first-order valence-corrected chi connectivity index (χ1v) is 8.32. The molecule has 0 bridgehead atoms. The van der Waals surface area contributed by atoms with E-state index in [1.807, 2.05) is 25.7 Å². The van der Waals surface area contributed by atoms with Gasteiger partial charge in [0.25, 0.3) is 0 Å². The molecule has 0 saturated carbocycles. The molecule has 0 fully saturated rings. The lowest BCUT2D eigenvalue weighted by molar-refractivity contribution is 0.439. The van der Waals surface area contributed by atoms with Crippen LogP contribution in [0.4, 0.5) is 0 Å². The van der Waals surface area contributed by atoms with E-state index < -0.39 is 0 Å². The van der Waals surface area contributed by atoms with Gasteiger partial charge >= 0.3 is 0 Å². The van der Waals surface area contributed by atoms with E-state index in [9.17, 15) is 0 Å². The van der Waals surface area contributed by atoms with Crippen LogP contribution in [-0.4, -0.2) is 18.3 Å². The largest absolute Gasteiger partial charge is 0.303 e. The Morgan fingerprint density at radius 2 is 1.90 bits per heavy atom. The first kappa shape index (κ1) is 17.1. The van der Waals surface area contributed by atoms with Gasteiger partial charge in [0.2, 0.25) is 0 Å². The number of thioether (sulfide) groups is 1. The number of nitriles is 1. The average Bonchev–Trinajstić information content (AvgIpc) is 2.47. The molecule has 0 spiro atoms. The maximum Gasteiger partial charge on any atom is 0.103 e. The average molecular weight is 290 g/mol. The zero-order chi connectivity index (χ0) is 15.0. The fourth-order valence-corrected chi connectivity index (χ4v) is 2.87. The van der Waals surface area contributed by atoms with Gasteiger partial charge in [0, 0.05) is 4.90 Å². The first-order chi connectivity index (χ1) is 9.50. The predicted octanol–water partition coefficient (Wildman–Crippen LogP) is 4.57. The van der Waals surface area contributed by atoms with Gasteiger partial charge in [-0.2, -0.15) is 5.26 Å². The molecular formula is C17H26N2S. The summed E-state index contributed by atoms with van der Waals surface area (Å²) < 4.78 is 0. The van der Waals surface area contributed by atoms with Crippen molar-refractivity contribution in [3.63, 3.8) is 0 Å². The second-order valence-electron chi connectivity index (χ2n) is 5.72. The summed E-state index contributed by atoms with van der Waals surface area (Å²) in [6, 6.07) is 11.2. The standard InChI is InChI=1S/C17H26N2S/c1-14(2)15-7-9-16(10-8-15)20-12-6-5-11-17(3,13-18)19-4/h7-10,14,19H,5-6,11-12H2,1-4H3. The van der Waals surface area contributed by atoms with E-state index in [1.165, 1.54) is 10.5 Å². The van der Waals surface area contributed by atoms with Crippen LogP contribution >= 0.6 is 11.8 Å². The molecule has 0 saturated heterocycles. The highest BCUT2D eigenvalue weighted by atomic mass is 32.2. The second-order valence-corrected chi connectivity index (χ2v) is 6.89. The molecule has 1 rings (SSSR count). The van der Waals surface area contributed by atoms with E-state index in [0.29, 0.717) is 5.92 Å². The minimum absolute atomic E-state index is 0.371. The third kappa shape index (κ3) is 5.56. The molecule has 0 heterocycles.